The summed E-state index contributed by atoms with van der Waals surface area (Å²) in [6.07, 6.45) is 6.19. The lowest BCUT2D eigenvalue weighted by atomic mass is 9.84. The molecule has 0 aromatic heterocycles. The van der Waals surface area contributed by atoms with Crippen molar-refractivity contribution in [3.63, 3.8) is 0 Å². The molecule has 2 aliphatic carbocycles. The second-order valence-corrected chi connectivity index (χ2v) is 4.29. The molecule has 0 N–H and O–H groups in total. The summed E-state index contributed by atoms with van der Waals surface area (Å²) in [7, 11) is 0. The summed E-state index contributed by atoms with van der Waals surface area (Å²) in [4.78, 5) is 11.3. The van der Waals surface area contributed by atoms with Gasteiger partial charge >= 0.3 is 5.97 Å². The van der Waals surface area contributed by atoms with Gasteiger partial charge in [-0.3, -0.25) is 0 Å². The Bertz CT molecular complexity index is 316. The summed E-state index contributed by atoms with van der Waals surface area (Å²) in [6, 6.07) is 0. The molecular formula is C11H13NO2. The first kappa shape index (κ1) is 9.26. The van der Waals surface area contributed by atoms with Gasteiger partial charge in [-0.15, -0.1) is 5.26 Å². The Hall–Kier alpha value is -1.30. The molecule has 0 spiro atoms. The molecule has 0 radical (unpaired) electrons. The molecule has 2 saturated carbocycles. The molecule has 0 aromatic carbocycles. The number of carbonyl (C=O) groups is 1. The van der Waals surface area contributed by atoms with Crippen LogP contribution in [0.25, 0.3) is 0 Å². The zero-order valence-corrected chi connectivity index (χ0v) is 8.03. The van der Waals surface area contributed by atoms with E-state index in [0.717, 1.165) is 12.3 Å². The number of carbonyl (C=O) groups excluding carboxylic acids is 1. The van der Waals surface area contributed by atoms with Gasteiger partial charge < -0.3 is 4.74 Å². The number of hydrogen-bond donors (Lipinski definition) is 0. The SMILES string of the molecule is C=C(C(=O)OC#N)C1CC2CCC1C2. The smallest absolute Gasteiger partial charge is 0.347 e. The highest BCUT2D eigenvalue weighted by molar-refractivity contribution is 5.89. The molecule has 0 aliphatic heterocycles. The lowest BCUT2D eigenvalue weighted by molar-refractivity contribution is -0.133. The van der Waals surface area contributed by atoms with E-state index in [1.54, 1.807) is 0 Å². The zero-order chi connectivity index (χ0) is 10.1. The Morgan fingerprint density at radius 2 is 2.21 bits per heavy atom. The molecule has 0 amide bonds. The van der Waals surface area contributed by atoms with Gasteiger partial charge in [0.1, 0.15) is 0 Å². The number of nitriles is 1. The Labute approximate surface area is 83.4 Å². The fraction of sp³-hybridized carbons (Fsp3) is 0.636. The number of ether oxygens (including phenoxy) is 1. The number of hydrogen-bond acceptors (Lipinski definition) is 3. The Morgan fingerprint density at radius 3 is 2.71 bits per heavy atom. The Kier molecular flexibility index (Phi) is 2.28. The predicted octanol–water partition coefficient (Wildman–Crippen LogP) is 2.00. The molecule has 0 aromatic rings. The average molecular weight is 191 g/mol. The van der Waals surface area contributed by atoms with Crippen LogP contribution in [0.1, 0.15) is 25.7 Å². The van der Waals surface area contributed by atoms with Crippen molar-refractivity contribution in [2.75, 3.05) is 0 Å². The topological polar surface area (TPSA) is 50.1 Å². The van der Waals surface area contributed by atoms with Gasteiger partial charge in [-0.2, -0.15) is 0 Å². The van der Waals surface area contributed by atoms with Gasteiger partial charge in [-0.25, -0.2) is 4.79 Å². The second-order valence-electron chi connectivity index (χ2n) is 4.29. The van der Waals surface area contributed by atoms with Gasteiger partial charge in [0.25, 0.3) is 6.26 Å². The maximum absolute atomic E-state index is 11.3. The summed E-state index contributed by atoms with van der Waals surface area (Å²) in [5.41, 5.74) is 0.499. The fourth-order valence-electron chi connectivity index (χ4n) is 2.93. The standard InChI is InChI=1S/C11H13NO2/c1-7(11(13)14-6-12)10-5-8-2-3-9(10)4-8/h8-10H,1-5H2. The first-order chi connectivity index (χ1) is 6.72. The van der Waals surface area contributed by atoms with Gasteiger partial charge in [0.2, 0.25) is 0 Å². The monoisotopic (exact) mass is 191 g/mol. The highest BCUT2D eigenvalue weighted by atomic mass is 16.5. The van der Waals surface area contributed by atoms with Gasteiger partial charge in [-0.05, 0) is 37.0 Å². The van der Waals surface area contributed by atoms with Crippen molar-refractivity contribution >= 4 is 5.97 Å². The van der Waals surface area contributed by atoms with E-state index in [2.05, 4.69) is 11.3 Å². The van der Waals surface area contributed by atoms with E-state index in [9.17, 15) is 4.79 Å². The average Bonchev–Trinajstić information content (AvgIpc) is 2.77. The minimum Gasteiger partial charge on any atom is -0.347 e. The second kappa shape index (κ2) is 3.45. The number of esters is 1. The summed E-state index contributed by atoms with van der Waals surface area (Å²) in [5.74, 6) is 1.12. The Morgan fingerprint density at radius 1 is 1.43 bits per heavy atom. The lowest BCUT2D eigenvalue weighted by Gasteiger charge is -2.21. The number of fused-ring (bicyclic) bond motifs is 2. The van der Waals surface area contributed by atoms with Crippen LogP contribution in [0.2, 0.25) is 0 Å². The van der Waals surface area contributed by atoms with Gasteiger partial charge in [0.15, 0.2) is 0 Å². The summed E-state index contributed by atoms with van der Waals surface area (Å²) >= 11 is 0. The van der Waals surface area contributed by atoms with Crippen molar-refractivity contribution in [1.82, 2.24) is 0 Å². The number of rotatable bonds is 2. The molecule has 3 heteroatoms. The normalized spacial score (nSPS) is 33.8. The molecule has 0 saturated heterocycles. The molecular weight excluding hydrogens is 178 g/mol. The highest BCUT2D eigenvalue weighted by Crippen LogP contribution is 2.50. The van der Waals surface area contributed by atoms with E-state index < -0.39 is 5.97 Å². The molecule has 0 heterocycles. The zero-order valence-electron chi connectivity index (χ0n) is 8.03. The lowest BCUT2D eigenvalue weighted by Crippen LogP contribution is -2.18. The summed E-state index contributed by atoms with van der Waals surface area (Å²) in [6.45, 7) is 3.75. The molecule has 74 valence electrons. The van der Waals surface area contributed by atoms with Crippen LogP contribution in [0.15, 0.2) is 12.2 Å². The summed E-state index contributed by atoms with van der Waals surface area (Å²) < 4.78 is 4.29. The molecule has 2 fully saturated rings. The minimum absolute atomic E-state index is 0.273. The van der Waals surface area contributed by atoms with E-state index in [0.29, 0.717) is 11.5 Å². The van der Waals surface area contributed by atoms with Crippen LogP contribution < -0.4 is 0 Å². The quantitative estimate of drug-likeness (QED) is 0.381. The first-order valence-corrected chi connectivity index (χ1v) is 5.01. The maximum atomic E-state index is 11.3. The molecule has 2 rings (SSSR count). The molecule has 2 aliphatic rings. The molecule has 2 bridgehead atoms. The fourth-order valence-corrected chi connectivity index (χ4v) is 2.93. The van der Waals surface area contributed by atoms with Crippen LogP contribution in [0.5, 0.6) is 0 Å². The van der Waals surface area contributed by atoms with Crippen LogP contribution in [0.4, 0.5) is 0 Å². The van der Waals surface area contributed by atoms with Crippen LogP contribution in [0, 0.1) is 29.3 Å². The van der Waals surface area contributed by atoms with E-state index in [4.69, 9.17) is 5.26 Å². The van der Waals surface area contributed by atoms with Crippen molar-refractivity contribution in [3.05, 3.63) is 12.2 Å². The van der Waals surface area contributed by atoms with Crippen LogP contribution >= 0.6 is 0 Å². The Balaban J connectivity index is 2.00. The largest absolute Gasteiger partial charge is 0.349 e. The van der Waals surface area contributed by atoms with Crippen LogP contribution in [-0.4, -0.2) is 5.97 Å². The van der Waals surface area contributed by atoms with Crippen LogP contribution in [-0.2, 0) is 9.53 Å². The molecule has 3 nitrogen and oxygen atoms in total. The predicted molar refractivity (Wildman–Crippen MR) is 49.8 cm³/mol. The molecule has 3 atom stereocenters. The third kappa shape index (κ3) is 1.41. The number of nitrogens with zero attached hydrogens (tertiary/aromatic N) is 1. The van der Waals surface area contributed by atoms with Crippen molar-refractivity contribution in [3.8, 4) is 6.26 Å². The van der Waals surface area contributed by atoms with E-state index in [1.807, 2.05) is 0 Å². The summed E-state index contributed by atoms with van der Waals surface area (Å²) in [5, 5.41) is 8.23. The van der Waals surface area contributed by atoms with Crippen molar-refractivity contribution in [1.29, 1.82) is 5.26 Å². The van der Waals surface area contributed by atoms with E-state index in [1.165, 1.54) is 25.5 Å². The van der Waals surface area contributed by atoms with E-state index in [-0.39, 0.29) is 5.92 Å². The van der Waals surface area contributed by atoms with Crippen molar-refractivity contribution in [2.45, 2.75) is 25.7 Å². The maximum Gasteiger partial charge on any atom is 0.349 e. The molecule has 3 unspecified atom stereocenters. The van der Waals surface area contributed by atoms with Crippen LogP contribution in [0.3, 0.4) is 0 Å². The third-order valence-corrected chi connectivity index (χ3v) is 3.59. The highest BCUT2D eigenvalue weighted by Gasteiger charge is 2.42. The minimum atomic E-state index is -0.537. The van der Waals surface area contributed by atoms with Crippen molar-refractivity contribution in [2.24, 2.45) is 17.8 Å². The third-order valence-electron chi connectivity index (χ3n) is 3.59. The first-order valence-electron chi connectivity index (χ1n) is 5.01. The van der Waals surface area contributed by atoms with Gasteiger partial charge in [0.05, 0.1) is 0 Å². The van der Waals surface area contributed by atoms with E-state index >= 15 is 0 Å². The van der Waals surface area contributed by atoms with Gasteiger partial charge in [-0.1, -0.05) is 13.0 Å². The molecule has 14 heavy (non-hydrogen) atoms. The van der Waals surface area contributed by atoms with Gasteiger partial charge in [0, 0.05) is 5.57 Å². The van der Waals surface area contributed by atoms with Crippen molar-refractivity contribution < 1.29 is 9.53 Å².